The Bertz CT molecular complexity index is 966. The first-order valence-corrected chi connectivity index (χ1v) is 9.86. The first-order valence-electron chi connectivity index (χ1n) is 8.37. The van der Waals surface area contributed by atoms with Gasteiger partial charge >= 0.3 is 0 Å². The van der Waals surface area contributed by atoms with Crippen molar-refractivity contribution >= 4 is 21.6 Å². The zero-order valence-corrected chi connectivity index (χ0v) is 15.4. The highest BCUT2D eigenvalue weighted by Crippen LogP contribution is 2.20. The molecule has 1 atom stereocenters. The van der Waals surface area contributed by atoms with Crippen molar-refractivity contribution < 1.29 is 22.0 Å². The van der Waals surface area contributed by atoms with Gasteiger partial charge in [-0.2, -0.15) is 0 Å². The van der Waals surface area contributed by atoms with Gasteiger partial charge in [-0.05, 0) is 43.3 Å². The average molecular weight is 395 g/mol. The first-order chi connectivity index (χ1) is 12.8. The van der Waals surface area contributed by atoms with Crippen molar-refractivity contribution in [1.29, 1.82) is 0 Å². The van der Waals surface area contributed by atoms with Gasteiger partial charge in [0.25, 0.3) is 15.9 Å². The van der Waals surface area contributed by atoms with E-state index in [1.807, 2.05) is 6.92 Å². The third kappa shape index (κ3) is 4.25. The Hall–Kier alpha value is -2.52. The van der Waals surface area contributed by atoms with E-state index in [1.165, 1.54) is 12.1 Å². The van der Waals surface area contributed by atoms with E-state index in [-0.39, 0.29) is 17.6 Å². The van der Waals surface area contributed by atoms with Crippen LogP contribution in [0.15, 0.2) is 47.4 Å². The number of hydrogen-bond donors (Lipinski definition) is 2. The third-order valence-corrected chi connectivity index (χ3v) is 5.70. The number of rotatable bonds is 4. The quantitative estimate of drug-likeness (QED) is 0.832. The zero-order valence-electron chi connectivity index (χ0n) is 14.6. The number of carbonyl (C=O) groups is 1. The highest BCUT2D eigenvalue weighted by molar-refractivity contribution is 7.92. The van der Waals surface area contributed by atoms with Gasteiger partial charge < -0.3 is 10.2 Å². The lowest BCUT2D eigenvalue weighted by molar-refractivity contribution is 0.0656. The molecule has 0 unspecified atom stereocenters. The van der Waals surface area contributed by atoms with Gasteiger partial charge in [-0.15, -0.1) is 0 Å². The van der Waals surface area contributed by atoms with Crippen molar-refractivity contribution in [3.63, 3.8) is 0 Å². The molecule has 0 radical (unpaired) electrons. The van der Waals surface area contributed by atoms with E-state index in [9.17, 15) is 22.0 Å². The average Bonchev–Trinajstić information content (AvgIpc) is 2.63. The Balaban J connectivity index is 1.83. The number of benzene rings is 2. The zero-order chi connectivity index (χ0) is 19.6. The highest BCUT2D eigenvalue weighted by Gasteiger charge is 2.24. The molecule has 2 N–H and O–H groups in total. The van der Waals surface area contributed by atoms with Crippen LogP contribution in [0.1, 0.15) is 17.3 Å². The first kappa shape index (κ1) is 19.2. The normalized spacial score (nSPS) is 17.6. The fourth-order valence-corrected chi connectivity index (χ4v) is 3.94. The van der Waals surface area contributed by atoms with E-state index in [0.717, 1.165) is 12.1 Å². The maximum absolute atomic E-state index is 13.3. The Labute approximate surface area is 156 Å². The SMILES string of the molecule is C[C@@H]1CNCCN1C(=O)c1cccc(NS(=O)(=O)c2ccc(F)c(F)c2)c1. The van der Waals surface area contributed by atoms with Crippen LogP contribution in [0.3, 0.4) is 0 Å². The monoisotopic (exact) mass is 395 g/mol. The van der Waals surface area contributed by atoms with Gasteiger partial charge in [0.2, 0.25) is 0 Å². The molecule has 1 fully saturated rings. The summed E-state index contributed by atoms with van der Waals surface area (Å²) in [4.78, 5) is 14.0. The van der Waals surface area contributed by atoms with Crippen LogP contribution in [0.2, 0.25) is 0 Å². The summed E-state index contributed by atoms with van der Waals surface area (Å²) in [6, 6.07) is 8.41. The molecule has 6 nitrogen and oxygen atoms in total. The van der Waals surface area contributed by atoms with E-state index >= 15 is 0 Å². The van der Waals surface area contributed by atoms with E-state index in [0.29, 0.717) is 31.3 Å². The van der Waals surface area contributed by atoms with Crippen LogP contribution in [0.25, 0.3) is 0 Å². The Morgan fingerprint density at radius 1 is 1.19 bits per heavy atom. The van der Waals surface area contributed by atoms with Crippen LogP contribution in [0.5, 0.6) is 0 Å². The minimum atomic E-state index is -4.12. The maximum atomic E-state index is 13.3. The Morgan fingerprint density at radius 3 is 2.67 bits per heavy atom. The maximum Gasteiger partial charge on any atom is 0.261 e. The number of amides is 1. The molecule has 1 aliphatic rings. The number of halogens is 2. The summed E-state index contributed by atoms with van der Waals surface area (Å²) >= 11 is 0. The predicted molar refractivity (Wildman–Crippen MR) is 97.0 cm³/mol. The molecule has 0 aliphatic carbocycles. The van der Waals surface area contributed by atoms with E-state index < -0.39 is 26.6 Å². The summed E-state index contributed by atoms with van der Waals surface area (Å²) in [5.74, 6) is -2.58. The van der Waals surface area contributed by atoms with Crippen molar-refractivity contribution in [3.05, 3.63) is 59.7 Å². The Kier molecular flexibility index (Phi) is 5.43. The van der Waals surface area contributed by atoms with Gasteiger partial charge in [-0.1, -0.05) is 6.07 Å². The lowest BCUT2D eigenvalue weighted by atomic mass is 10.1. The molecule has 0 aromatic heterocycles. The van der Waals surface area contributed by atoms with E-state index in [1.54, 1.807) is 17.0 Å². The smallest absolute Gasteiger partial charge is 0.261 e. The molecule has 9 heteroatoms. The van der Waals surface area contributed by atoms with Gasteiger partial charge in [0.05, 0.1) is 4.90 Å². The number of piperazine rings is 1. The number of sulfonamides is 1. The standard InChI is InChI=1S/C18H19F2N3O3S/c1-12-11-21-7-8-23(12)18(24)13-3-2-4-14(9-13)22-27(25,26)15-5-6-16(19)17(20)10-15/h2-6,9-10,12,21-22H,7-8,11H2,1H3/t12-/m1/s1. The summed E-state index contributed by atoms with van der Waals surface area (Å²) in [6.45, 7) is 3.87. The summed E-state index contributed by atoms with van der Waals surface area (Å²) in [5.41, 5.74) is 0.502. The van der Waals surface area contributed by atoms with Gasteiger partial charge in [-0.25, -0.2) is 17.2 Å². The predicted octanol–water partition coefficient (Wildman–Crippen LogP) is 2.20. The number of anilines is 1. The highest BCUT2D eigenvalue weighted by atomic mass is 32.2. The summed E-state index contributed by atoms with van der Waals surface area (Å²) in [6.07, 6.45) is 0. The number of nitrogens with one attached hydrogen (secondary N) is 2. The summed E-state index contributed by atoms with van der Waals surface area (Å²) in [5, 5.41) is 3.20. The molecule has 0 saturated carbocycles. The van der Waals surface area contributed by atoms with Crippen molar-refractivity contribution in [1.82, 2.24) is 10.2 Å². The lowest BCUT2D eigenvalue weighted by Crippen LogP contribution is -2.52. The minimum absolute atomic E-state index is 0.0220. The molecule has 2 aromatic rings. The number of hydrogen-bond acceptors (Lipinski definition) is 4. The molecule has 144 valence electrons. The molecule has 1 amide bonds. The second-order valence-corrected chi connectivity index (χ2v) is 8.00. The van der Waals surface area contributed by atoms with Gasteiger partial charge in [-0.3, -0.25) is 9.52 Å². The lowest BCUT2D eigenvalue weighted by Gasteiger charge is -2.34. The molecule has 1 saturated heterocycles. The van der Waals surface area contributed by atoms with Crippen LogP contribution < -0.4 is 10.0 Å². The van der Waals surface area contributed by atoms with Gasteiger partial charge in [0.15, 0.2) is 11.6 Å². The molecule has 0 spiro atoms. The second-order valence-electron chi connectivity index (χ2n) is 6.31. The van der Waals surface area contributed by atoms with Crippen molar-refractivity contribution in [2.75, 3.05) is 24.4 Å². The molecule has 0 bridgehead atoms. The van der Waals surface area contributed by atoms with E-state index in [4.69, 9.17) is 0 Å². The summed E-state index contributed by atoms with van der Waals surface area (Å²) in [7, 11) is -4.12. The Morgan fingerprint density at radius 2 is 1.96 bits per heavy atom. The van der Waals surface area contributed by atoms with Crippen LogP contribution in [-0.2, 0) is 10.0 Å². The molecule has 27 heavy (non-hydrogen) atoms. The van der Waals surface area contributed by atoms with Crippen molar-refractivity contribution in [2.24, 2.45) is 0 Å². The molecule has 3 rings (SSSR count). The number of carbonyl (C=O) groups excluding carboxylic acids is 1. The van der Waals surface area contributed by atoms with Gasteiger partial charge in [0.1, 0.15) is 0 Å². The number of nitrogens with zero attached hydrogens (tertiary/aromatic N) is 1. The second kappa shape index (κ2) is 7.61. The minimum Gasteiger partial charge on any atom is -0.333 e. The van der Waals surface area contributed by atoms with Crippen LogP contribution in [0, 0.1) is 11.6 Å². The molecule has 1 aliphatic heterocycles. The summed E-state index contributed by atoms with van der Waals surface area (Å²) < 4.78 is 53.4. The van der Waals surface area contributed by atoms with Crippen molar-refractivity contribution in [3.8, 4) is 0 Å². The van der Waals surface area contributed by atoms with Gasteiger partial charge in [0, 0.05) is 36.9 Å². The van der Waals surface area contributed by atoms with Crippen LogP contribution in [-0.4, -0.2) is 44.9 Å². The topological polar surface area (TPSA) is 78.5 Å². The molecular formula is C18H19F2N3O3S. The largest absolute Gasteiger partial charge is 0.333 e. The van der Waals surface area contributed by atoms with Crippen molar-refractivity contribution in [2.45, 2.75) is 17.9 Å². The fraction of sp³-hybridized carbons (Fsp3) is 0.278. The van der Waals surface area contributed by atoms with E-state index in [2.05, 4.69) is 10.0 Å². The molecule has 1 heterocycles. The third-order valence-electron chi connectivity index (χ3n) is 4.33. The fourth-order valence-electron chi connectivity index (χ4n) is 2.88. The van der Waals surface area contributed by atoms with Crippen LogP contribution >= 0.6 is 0 Å². The molecule has 2 aromatic carbocycles. The van der Waals surface area contributed by atoms with Crippen LogP contribution in [0.4, 0.5) is 14.5 Å². The molecular weight excluding hydrogens is 376 g/mol.